The van der Waals surface area contributed by atoms with Crippen molar-refractivity contribution in [2.24, 2.45) is 0 Å². The molecule has 104 valence electrons. The lowest BCUT2D eigenvalue weighted by molar-refractivity contribution is -0.146. The molecule has 6 heteroatoms. The second kappa shape index (κ2) is 8.10. The van der Waals surface area contributed by atoms with Crippen LogP contribution in [0.15, 0.2) is 30.3 Å². The molecule has 0 aliphatic carbocycles. The van der Waals surface area contributed by atoms with Gasteiger partial charge in [-0.15, -0.1) is 0 Å². The minimum absolute atomic E-state index is 0.221. The molecule has 1 unspecified atom stereocenters. The number of rotatable bonds is 8. The Balaban J connectivity index is 2.09. The summed E-state index contributed by atoms with van der Waals surface area (Å²) in [7, 11) is 0. The number of aliphatic hydroxyl groups is 1. The van der Waals surface area contributed by atoms with Gasteiger partial charge in [-0.1, -0.05) is 18.2 Å². The van der Waals surface area contributed by atoms with E-state index in [1.165, 1.54) is 0 Å². The summed E-state index contributed by atoms with van der Waals surface area (Å²) < 4.78 is 5.40. The number of para-hydroxylation sites is 1. The number of aliphatic hydroxyl groups excluding tert-OH is 1. The molecule has 0 heterocycles. The molecule has 1 rings (SSSR count). The van der Waals surface area contributed by atoms with Gasteiger partial charge in [0.05, 0.1) is 13.2 Å². The summed E-state index contributed by atoms with van der Waals surface area (Å²) >= 11 is 0. The number of ether oxygens (including phenoxy) is 1. The summed E-state index contributed by atoms with van der Waals surface area (Å²) in [6.07, 6.45) is -0.826. The summed E-state index contributed by atoms with van der Waals surface area (Å²) in [5.41, 5.74) is 0. The maximum Gasteiger partial charge on any atom is 0.334 e. The normalized spacial score (nSPS) is 11.6. The second-order valence-corrected chi connectivity index (χ2v) is 3.92. The first kappa shape index (κ1) is 15.0. The van der Waals surface area contributed by atoms with Crippen molar-refractivity contribution in [3.63, 3.8) is 0 Å². The van der Waals surface area contributed by atoms with E-state index in [1.807, 2.05) is 30.3 Å². The first-order valence-electron chi connectivity index (χ1n) is 5.95. The van der Waals surface area contributed by atoms with Gasteiger partial charge in [0.1, 0.15) is 5.75 Å². The fraction of sp³-hybridized carbons (Fsp3) is 0.385. The molecule has 0 saturated heterocycles. The fourth-order valence-electron chi connectivity index (χ4n) is 1.33. The maximum absolute atomic E-state index is 11.3. The third-order valence-corrected chi connectivity index (χ3v) is 2.34. The van der Waals surface area contributed by atoms with Gasteiger partial charge in [0, 0.05) is 6.42 Å². The van der Waals surface area contributed by atoms with Gasteiger partial charge in [0.15, 0.2) is 6.10 Å². The molecule has 1 aromatic carbocycles. The molecule has 0 bridgehead atoms. The van der Waals surface area contributed by atoms with Crippen LogP contribution in [0.25, 0.3) is 0 Å². The number of hydrogen-bond donors (Lipinski definition) is 3. The van der Waals surface area contributed by atoms with Crippen LogP contribution in [0.5, 0.6) is 5.75 Å². The Kier molecular flexibility index (Phi) is 6.38. The van der Waals surface area contributed by atoms with Gasteiger partial charge >= 0.3 is 5.97 Å². The Morgan fingerprint density at radius 2 is 1.95 bits per heavy atom. The van der Waals surface area contributed by atoms with E-state index in [1.54, 1.807) is 0 Å². The van der Waals surface area contributed by atoms with Crippen LogP contribution in [0.3, 0.4) is 0 Å². The minimum atomic E-state index is -1.57. The van der Waals surface area contributed by atoms with Crippen molar-refractivity contribution in [1.82, 2.24) is 5.32 Å². The molecule has 0 aromatic heterocycles. The van der Waals surface area contributed by atoms with Crippen molar-refractivity contribution in [3.8, 4) is 5.75 Å². The molecule has 0 saturated carbocycles. The van der Waals surface area contributed by atoms with E-state index in [9.17, 15) is 9.59 Å². The molecule has 0 radical (unpaired) electrons. The average Bonchev–Trinajstić information content (AvgIpc) is 2.42. The van der Waals surface area contributed by atoms with Gasteiger partial charge in [-0.25, -0.2) is 4.79 Å². The van der Waals surface area contributed by atoms with Gasteiger partial charge in [0.2, 0.25) is 5.91 Å². The number of carbonyl (C=O) groups excluding carboxylic acids is 1. The zero-order chi connectivity index (χ0) is 14.1. The third kappa shape index (κ3) is 6.42. The van der Waals surface area contributed by atoms with Gasteiger partial charge in [-0.3, -0.25) is 4.79 Å². The highest BCUT2D eigenvalue weighted by Crippen LogP contribution is 2.08. The van der Waals surface area contributed by atoms with Crippen LogP contribution in [0, 0.1) is 0 Å². The summed E-state index contributed by atoms with van der Waals surface area (Å²) in [4.78, 5) is 21.6. The number of nitrogens with one attached hydrogen (secondary N) is 1. The molecular formula is C13H17NO5. The van der Waals surface area contributed by atoms with Gasteiger partial charge in [-0.05, 0) is 18.6 Å². The topological polar surface area (TPSA) is 95.9 Å². The van der Waals surface area contributed by atoms with E-state index in [0.717, 1.165) is 5.75 Å². The molecular weight excluding hydrogens is 250 g/mol. The summed E-state index contributed by atoms with van der Waals surface area (Å²) in [6, 6.07) is 9.24. The first-order valence-corrected chi connectivity index (χ1v) is 5.95. The van der Waals surface area contributed by atoms with E-state index in [4.69, 9.17) is 14.9 Å². The van der Waals surface area contributed by atoms with E-state index in [2.05, 4.69) is 5.32 Å². The maximum atomic E-state index is 11.3. The number of hydrogen-bond acceptors (Lipinski definition) is 4. The van der Waals surface area contributed by atoms with Crippen LogP contribution in [-0.2, 0) is 9.59 Å². The molecule has 0 aliphatic rings. The Labute approximate surface area is 111 Å². The highest BCUT2D eigenvalue weighted by molar-refractivity contribution is 5.77. The van der Waals surface area contributed by atoms with Crippen molar-refractivity contribution in [1.29, 1.82) is 0 Å². The van der Waals surface area contributed by atoms with Crippen molar-refractivity contribution in [2.75, 3.05) is 13.2 Å². The van der Waals surface area contributed by atoms with Gasteiger partial charge < -0.3 is 20.3 Å². The highest BCUT2D eigenvalue weighted by Gasteiger charge is 2.13. The molecule has 1 aromatic rings. The Morgan fingerprint density at radius 3 is 2.58 bits per heavy atom. The Morgan fingerprint density at radius 1 is 1.26 bits per heavy atom. The van der Waals surface area contributed by atoms with Crippen LogP contribution in [-0.4, -0.2) is 41.3 Å². The fourth-order valence-corrected chi connectivity index (χ4v) is 1.33. The first-order chi connectivity index (χ1) is 9.09. The van der Waals surface area contributed by atoms with Gasteiger partial charge in [0.25, 0.3) is 0 Å². The minimum Gasteiger partial charge on any atom is -0.494 e. The number of carbonyl (C=O) groups is 2. The average molecular weight is 267 g/mol. The molecule has 3 N–H and O–H groups in total. The quantitative estimate of drug-likeness (QED) is 0.593. The highest BCUT2D eigenvalue weighted by atomic mass is 16.5. The second-order valence-electron chi connectivity index (χ2n) is 3.92. The van der Waals surface area contributed by atoms with Crippen LogP contribution in [0.2, 0.25) is 0 Å². The monoisotopic (exact) mass is 267 g/mol. The SMILES string of the molecule is O=C(CCCOc1ccccc1)NCC(O)C(=O)O. The molecule has 0 aliphatic heterocycles. The number of benzene rings is 1. The van der Waals surface area contributed by atoms with Crippen LogP contribution < -0.4 is 10.1 Å². The van der Waals surface area contributed by atoms with Crippen molar-refractivity contribution in [2.45, 2.75) is 18.9 Å². The lowest BCUT2D eigenvalue weighted by Crippen LogP contribution is -2.36. The van der Waals surface area contributed by atoms with E-state index < -0.39 is 12.1 Å². The lowest BCUT2D eigenvalue weighted by Gasteiger charge is -2.08. The Bertz CT molecular complexity index is 407. The third-order valence-electron chi connectivity index (χ3n) is 2.34. The molecule has 1 amide bonds. The van der Waals surface area contributed by atoms with E-state index in [-0.39, 0.29) is 18.9 Å². The molecule has 6 nitrogen and oxygen atoms in total. The van der Waals surface area contributed by atoms with E-state index in [0.29, 0.717) is 13.0 Å². The van der Waals surface area contributed by atoms with Crippen molar-refractivity contribution in [3.05, 3.63) is 30.3 Å². The van der Waals surface area contributed by atoms with Gasteiger partial charge in [-0.2, -0.15) is 0 Å². The van der Waals surface area contributed by atoms with Crippen molar-refractivity contribution < 1.29 is 24.5 Å². The zero-order valence-electron chi connectivity index (χ0n) is 10.4. The largest absolute Gasteiger partial charge is 0.494 e. The number of carboxylic acid groups (broad SMARTS) is 1. The predicted octanol–water partition coefficient (Wildman–Crippen LogP) is 0.407. The molecule has 0 fully saturated rings. The summed E-state index contributed by atoms with van der Waals surface area (Å²) in [5.74, 6) is -0.922. The zero-order valence-corrected chi connectivity index (χ0v) is 10.4. The Hall–Kier alpha value is -2.08. The molecule has 19 heavy (non-hydrogen) atoms. The number of carboxylic acids is 1. The smallest absolute Gasteiger partial charge is 0.334 e. The number of amides is 1. The number of aliphatic carboxylic acids is 1. The van der Waals surface area contributed by atoms with Crippen LogP contribution >= 0.6 is 0 Å². The predicted molar refractivity (Wildman–Crippen MR) is 67.8 cm³/mol. The summed E-state index contributed by atoms with van der Waals surface area (Å²) in [5, 5.41) is 19.7. The lowest BCUT2D eigenvalue weighted by atomic mass is 10.3. The molecule has 0 spiro atoms. The standard InChI is InChI=1S/C13H17NO5/c15-11(13(17)18)9-14-12(16)7-4-8-19-10-5-2-1-3-6-10/h1-3,5-6,11,15H,4,7-9H2,(H,14,16)(H,17,18). The van der Waals surface area contributed by atoms with Crippen molar-refractivity contribution >= 4 is 11.9 Å². The summed E-state index contributed by atoms with van der Waals surface area (Å²) in [6.45, 7) is 0.118. The molecule has 1 atom stereocenters. The van der Waals surface area contributed by atoms with Crippen LogP contribution in [0.1, 0.15) is 12.8 Å². The van der Waals surface area contributed by atoms with Crippen LogP contribution in [0.4, 0.5) is 0 Å². The van der Waals surface area contributed by atoms with E-state index >= 15 is 0 Å².